The summed E-state index contributed by atoms with van der Waals surface area (Å²) in [5.74, 6) is -0.784. The Bertz CT molecular complexity index is 1020. The fraction of sp³-hybridized carbons (Fsp3) is 0.444. The number of nitrogens with one attached hydrogen (secondary N) is 1. The predicted molar refractivity (Wildman–Crippen MR) is 132 cm³/mol. The first kappa shape index (κ1) is 24.7. The minimum atomic E-state index is -0.852. The molecule has 186 valence electrons. The zero-order valence-electron chi connectivity index (χ0n) is 20.1. The molecule has 1 atom stereocenters. The van der Waals surface area contributed by atoms with Crippen LogP contribution in [0.2, 0.25) is 0 Å². The Kier molecular flexibility index (Phi) is 8.02. The molecule has 1 heterocycles. The third kappa shape index (κ3) is 6.00. The van der Waals surface area contributed by atoms with Gasteiger partial charge in [0, 0.05) is 45.1 Å². The van der Waals surface area contributed by atoms with Crippen LogP contribution in [-0.4, -0.2) is 78.8 Å². The molecular formula is C27H33N3O5. The van der Waals surface area contributed by atoms with Crippen LogP contribution >= 0.6 is 0 Å². The number of piperazine rings is 1. The lowest BCUT2D eigenvalue weighted by molar-refractivity contribution is -0.139. The molecule has 2 N–H and O–H groups in total. The van der Waals surface area contributed by atoms with Crippen LogP contribution in [0.5, 0.6) is 0 Å². The number of amides is 2. The van der Waals surface area contributed by atoms with E-state index in [1.54, 1.807) is 4.90 Å². The second-order valence-electron chi connectivity index (χ2n) is 9.24. The molecule has 2 aromatic carbocycles. The maximum atomic E-state index is 12.7. The summed E-state index contributed by atoms with van der Waals surface area (Å²) in [6.45, 7) is 4.82. The number of aliphatic carboxylic acids is 1. The number of carboxylic acids is 1. The zero-order valence-corrected chi connectivity index (χ0v) is 20.1. The normalized spacial score (nSPS) is 16.3. The number of ether oxygens (including phenoxy) is 1. The highest BCUT2D eigenvalue weighted by atomic mass is 16.5. The van der Waals surface area contributed by atoms with Crippen LogP contribution in [0.15, 0.2) is 48.5 Å². The summed E-state index contributed by atoms with van der Waals surface area (Å²) in [5.41, 5.74) is 4.71. The maximum Gasteiger partial charge on any atom is 0.407 e. The molecule has 0 aromatic heterocycles. The SMILES string of the molecule is CCC(CNC(=O)OCC1c2ccccc2-c2ccccc21)CC(=O)N1CCN(CC(=O)O)CC1. The summed E-state index contributed by atoms with van der Waals surface area (Å²) in [6, 6.07) is 16.4. The van der Waals surface area contributed by atoms with Crippen molar-refractivity contribution < 1.29 is 24.2 Å². The summed E-state index contributed by atoms with van der Waals surface area (Å²) in [6.07, 6.45) is 0.632. The quantitative estimate of drug-likeness (QED) is 0.573. The van der Waals surface area contributed by atoms with Crippen molar-refractivity contribution in [3.63, 3.8) is 0 Å². The van der Waals surface area contributed by atoms with E-state index in [9.17, 15) is 14.4 Å². The fourth-order valence-electron chi connectivity index (χ4n) is 4.96. The van der Waals surface area contributed by atoms with Gasteiger partial charge in [-0.1, -0.05) is 61.9 Å². The Hall–Kier alpha value is -3.39. The average molecular weight is 480 g/mol. The molecule has 8 nitrogen and oxygen atoms in total. The van der Waals surface area contributed by atoms with E-state index in [4.69, 9.17) is 9.84 Å². The van der Waals surface area contributed by atoms with E-state index in [2.05, 4.69) is 29.6 Å². The fourth-order valence-corrected chi connectivity index (χ4v) is 4.96. The highest BCUT2D eigenvalue weighted by Crippen LogP contribution is 2.44. The van der Waals surface area contributed by atoms with Crippen LogP contribution in [0.1, 0.15) is 36.8 Å². The van der Waals surface area contributed by atoms with Gasteiger partial charge in [-0.15, -0.1) is 0 Å². The number of carbonyl (C=O) groups excluding carboxylic acids is 2. The number of carboxylic acid groups (broad SMARTS) is 1. The Labute approximate surface area is 205 Å². The maximum absolute atomic E-state index is 12.7. The van der Waals surface area contributed by atoms with Gasteiger partial charge in [0.25, 0.3) is 0 Å². The van der Waals surface area contributed by atoms with Gasteiger partial charge in [-0.3, -0.25) is 14.5 Å². The molecule has 0 radical (unpaired) electrons. The van der Waals surface area contributed by atoms with Crippen molar-refractivity contribution in [1.29, 1.82) is 0 Å². The predicted octanol–water partition coefficient (Wildman–Crippen LogP) is 3.17. The van der Waals surface area contributed by atoms with Crippen LogP contribution < -0.4 is 5.32 Å². The number of rotatable bonds is 9. The van der Waals surface area contributed by atoms with Gasteiger partial charge < -0.3 is 20.1 Å². The van der Waals surface area contributed by atoms with E-state index < -0.39 is 12.1 Å². The smallest absolute Gasteiger partial charge is 0.407 e. The van der Waals surface area contributed by atoms with Gasteiger partial charge in [-0.25, -0.2) is 4.79 Å². The molecule has 8 heteroatoms. The Morgan fingerprint density at radius 1 is 1.00 bits per heavy atom. The van der Waals surface area contributed by atoms with Crippen molar-refractivity contribution >= 4 is 18.0 Å². The molecule has 1 unspecified atom stereocenters. The first-order valence-electron chi connectivity index (χ1n) is 12.3. The molecule has 2 amide bonds. The van der Waals surface area contributed by atoms with Gasteiger partial charge in [0.15, 0.2) is 0 Å². The second-order valence-corrected chi connectivity index (χ2v) is 9.24. The molecular weight excluding hydrogens is 446 g/mol. The first-order valence-corrected chi connectivity index (χ1v) is 12.3. The van der Waals surface area contributed by atoms with E-state index in [1.165, 1.54) is 22.3 Å². The molecule has 4 rings (SSSR count). The van der Waals surface area contributed by atoms with Crippen molar-refractivity contribution in [2.75, 3.05) is 45.9 Å². The summed E-state index contributed by atoms with van der Waals surface area (Å²) in [5, 5.41) is 11.8. The summed E-state index contributed by atoms with van der Waals surface area (Å²) >= 11 is 0. The number of alkyl carbamates (subject to hydrolysis) is 1. The highest BCUT2D eigenvalue weighted by molar-refractivity contribution is 5.79. The minimum Gasteiger partial charge on any atom is -0.480 e. The van der Waals surface area contributed by atoms with Crippen LogP contribution in [0.25, 0.3) is 11.1 Å². The lowest BCUT2D eigenvalue weighted by atomic mass is 9.98. The van der Waals surface area contributed by atoms with Crippen molar-refractivity contribution in [1.82, 2.24) is 15.1 Å². The van der Waals surface area contributed by atoms with E-state index in [-0.39, 0.29) is 30.9 Å². The van der Waals surface area contributed by atoms with E-state index in [0.29, 0.717) is 39.1 Å². The number of fused-ring (bicyclic) bond motifs is 3. The van der Waals surface area contributed by atoms with Crippen LogP contribution in [0.4, 0.5) is 4.79 Å². The molecule has 0 spiro atoms. The molecule has 1 aliphatic carbocycles. The lowest BCUT2D eigenvalue weighted by Gasteiger charge is -2.34. The Morgan fingerprint density at radius 2 is 1.60 bits per heavy atom. The largest absolute Gasteiger partial charge is 0.480 e. The van der Waals surface area contributed by atoms with Crippen LogP contribution in [0, 0.1) is 5.92 Å². The summed E-state index contributed by atoms with van der Waals surface area (Å²) in [4.78, 5) is 39.7. The number of benzene rings is 2. The van der Waals surface area contributed by atoms with E-state index in [1.807, 2.05) is 36.1 Å². The Balaban J connectivity index is 1.23. The average Bonchev–Trinajstić information content (AvgIpc) is 3.19. The first-order chi connectivity index (χ1) is 17.0. The zero-order chi connectivity index (χ0) is 24.8. The van der Waals surface area contributed by atoms with E-state index >= 15 is 0 Å². The second kappa shape index (κ2) is 11.4. The lowest BCUT2D eigenvalue weighted by Crippen LogP contribution is -2.50. The van der Waals surface area contributed by atoms with Crippen molar-refractivity contribution in [2.45, 2.75) is 25.7 Å². The van der Waals surface area contributed by atoms with Gasteiger partial charge in [0.05, 0.1) is 6.54 Å². The van der Waals surface area contributed by atoms with Gasteiger partial charge >= 0.3 is 12.1 Å². The van der Waals surface area contributed by atoms with Crippen LogP contribution in [0.3, 0.4) is 0 Å². The van der Waals surface area contributed by atoms with Gasteiger partial charge in [-0.2, -0.15) is 0 Å². The standard InChI is InChI=1S/C27H33N3O5/c1-2-19(15-25(31)30-13-11-29(12-14-30)17-26(32)33)16-28-27(34)35-18-24-22-9-5-3-7-20(22)21-8-4-6-10-23(21)24/h3-10,19,24H,2,11-18H2,1H3,(H,28,34)(H,32,33). The van der Waals surface area contributed by atoms with Gasteiger partial charge in [0.1, 0.15) is 6.61 Å². The third-order valence-corrected chi connectivity index (χ3v) is 7.00. The van der Waals surface area contributed by atoms with Crippen molar-refractivity contribution in [3.8, 4) is 11.1 Å². The molecule has 0 bridgehead atoms. The number of hydrogen-bond donors (Lipinski definition) is 2. The van der Waals surface area contributed by atoms with Crippen molar-refractivity contribution in [3.05, 3.63) is 59.7 Å². The monoisotopic (exact) mass is 479 g/mol. The van der Waals surface area contributed by atoms with Gasteiger partial charge in [-0.05, 0) is 28.2 Å². The number of hydrogen-bond acceptors (Lipinski definition) is 5. The third-order valence-electron chi connectivity index (χ3n) is 7.00. The summed E-state index contributed by atoms with van der Waals surface area (Å²) < 4.78 is 5.60. The molecule has 1 saturated heterocycles. The van der Waals surface area contributed by atoms with Crippen molar-refractivity contribution in [2.24, 2.45) is 5.92 Å². The number of carbonyl (C=O) groups is 3. The van der Waals surface area contributed by atoms with E-state index in [0.717, 1.165) is 6.42 Å². The topological polar surface area (TPSA) is 99.2 Å². The molecule has 2 aliphatic rings. The Morgan fingerprint density at radius 3 is 2.17 bits per heavy atom. The highest BCUT2D eigenvalue weighted by Gasteiger charge is 2.29. The van der Waals surface area contributed by atoms with Crippen LogP contribution in [-0.2, 0) is 14.3 Å². The molecule has 35 heavy (non-hydrogen) atoms. The number of nitrogens with zero attached hydrogens (tertiary/aromatic N) is 2. The minimum absolute atomic E-state index is 0.00364. The molecule has 2 aromatic rings. The molecule has 1 aliphatic heterocycles. The molecule has 0 saturated carbocycles. The van der Waals surface area contributed by atoms with Gasteiger partial charge in [0.2, 0.25) is 5.91 Å². The molecule has 1 fully saturated rings. The summed E-state index contributed by atoms with van der Waals surface area (Å²) in [7, 11) is 0.